The first-order valence-electron chi connectivity index (χ1n) is 38.7. The van der Waals surface area contributed by atoms with Crippen molar-refractivity contribution in [2.75, 3.05) is 52.7 Å². The first kappa shape index (κ1) is 100. The summed E-state index contributed by atoms with van der Waals surface area (Å²) < 4.78 is 42.7. The normalized spacial score (nSPS) is 13.6. The van der Waals surface area contributed by atoms with Crippen LogP contribution in [0.4, 0.5) is 5.82 Å². The molecule has 8 aromatic heterocycles. The molecule has 0 aliphatic carbocycles. The zero-order chi connectivity index (χ0) is 88.8. The Hall–Kier alpha value is -7.03. The second-order valence-corrected chi connectivity index (χ2v) is 39.7. The molecule has 15 rings (SSSR count). The van der Waals surface area contributed by atoms with Crippen molar-refractivity contribution in [3.05, 3.63) is 194 Å². The van der Waals surface area contributed by atoms with Gasteiger partial charge in [0, 0.05) is 82.9 Å². The van der Waals surface area contributed by atoms with Gasteiger partial charge in [-0.25, -0.2) is 39.9 Å². The quantitative estimate of drug-likeness (QED) is 0.0363. The Morgan fingerprint density at radius 2 is 0.875 bits per heavy atom. The van der Waals surface area contributed by atoms with Crippen LogP contribution in [0.2, 0.25) is 15.5 Å². The molecule has 642 valence electrons. The van der Waals surface area contributed by atoms with Crippen LogP contribution in [0.1, 0.15) is 148 Å². The molecule has 0 amide bonds. The number of ether oxygens (including phenoxy) is 4. The van der Waals surface area contributed by atoms with E-state index >= 15 is 0 Å². The zero-order valence-corrected chi connectivity index (χ0v) is 82.5. The van der Waals surface area contributed by atoms with Gasteiger partial charge in [-0.3, -0.25) is 5.32 Å². The molecule has 1 unspecified atom stereocenters. The van der Waals surface area contributed by atoms with Gasteiger partial charge in [0.05, 0.1) is 59.4 Å². The SMILES string of the molecule is BrB(Br)Br.CC(C)n1cc(I)c2c(Cl)ncnc21.CNC1CCCO1.CNc1ncnc2c1c(-c1cc(C)cc(O)c1)cn2C(C)C.COc1cc(C)cc(-c2cn(C(C)C)c3ncnc(Cl)c23)c1.COc1cc(C)cc(B2OC(C)(C)C(C)(C)O2)c1.COc1cccc(C)c1.Cc1cc(O)cc(-c2cn(C(C)C)c3ncnc(Cl)c23)c1.ClCCl. The molecule has 33 heteroatoms. The average Bonchev–Trinajstić information content (AvgIpc) is 1.65. The molecule has 5 aromatic carbocycles. The number of nitrogens with zero attached hydrogens (tertiary/aromatic N) is 12. The molecule has 0 bridgehead atoms. The van der Waals surface area contributed by atoms with E-state index in [2.05, 4.69) is 259 Å². The number of methoxy groups -OCH3 is 3. The van der Waals surface area contributed by atoms with Crippen molar-refractivity contribution in [2.24, 2.45) is 0 Å². The summed E-state index contributed by atoms with van der Waals surface area (Å²) in [4.78, 5) is 34.0. The Morgan fingerprint density at radius 3 is 1.25 bits per heavy atom. The van der Waals surface area contributed by atoms with Gasteiger partial charge in [-0.05, 0) is 271 Å². The number of benzene rings is 5. The van der Waals surface area contributed by atoms with Crippen LogP contribution in [-0.4, -0.2) is 143 Å². The van der Waals surface area contributed by atoms with E-state index in [0.29, 0.717) is 27.7 Å². The molecule has 120 heavy (non-hydrogen) atoms. The Kier molecular flexibility index (Phi) is 38.9. The number of alkyl halides is 2. The van der Waals surface area contributed by atoms with Crippen LogP contribution < -0.4 is 30.3 Å². The number of fused-ring (bicyclic) bond motifs is 4. The standard InChI is InChI=1S/C17H18ClN3O.C17H20N4O.C16H16ClN3O.C14H21BO3.C9H9ClIN3.C8H10O.C5H11NO.CH2Cl2.BBr3/c1-10(2)21-8-14(15-16(18)19-9-20-17(15)21)12-5-11(3)6-13(7-12)22-4;1-10(2)21-8-14(12-5-11(3)6-13(22)7-12)15-16(18-4)19-9-20-17(15)21;1-9(2)20-7-13(11-4-10(3)5-12(21)6-11)14-15(17)18-8-19-16(14)20;1-10-7-11(9-12(8-10)16-6)15-17-13(2,3)14(4,5)18-15;1-5(2)14-3-6(11)7-8(10)12-4-13-9(7)14;1-7-4-3-5-8(6-7)9-2;1-6-5-3-2-4-7-5;2-1-3;2-1(3)4/h5-10H,1-4H3;5-10,22H,1-4H3,(H,18,19,20);4-9,21H,1-3H3;7-9H,1-6H3;3-5H,1-2H3;3-6H,1-2H3;5-6H,2-4H2,1H3;1H2;. The Bertz CT molecular complexity index is 5460. The highest BCUT2D eigenvalue weighted by Crippen LogP contribution is 2.42. The van der Waals surface area contributed by atoms with Crippen molar-refractivity contribution in [1.82, 2.24) is 63.5 Å². The predicted octanol–water partition coefficient (Wildman–Crippen LogP) is 24.2. The number of halogens is 9. The van der Waals surface area contributed by atoms with E-state index in [1.807, 2.05) is 110 Å². The number of phenolic OH excluding ortho intramolecular Hbond substituents is 2. The minimum Gasteiger partial charge on any atom is -0.508 e. The number of aromatic hydroxyl groups is 2. The fourth-order valence-electron chi connectivity index (χ4n) is 13.0. The summed E-state index contributed by atoms with van der Waals surface area (Å²) in [6.07, 6.45) is 17.0. The van der Waals surface area contributed by atoms with Crippen molar-refractivity contribution in [1.29, 1.82) is 0 Å². The monoisotopic (exact) mass is 2040 g/mol. The van der Waals surface area contributed by atoms with Crippen LogP contribution in [0.3, 0.4) is 0 Å². The van der Waals surface area contributed by atoms with Gasteiger partial charge in [0.25, 0.3) is 0 Å². The summed E-state index contributed by atoms with van der Waals surface area (Å²) in [7, 11) is 8.47. The molecule has 0 spiro atoms. The largest absolute Gasteiger partial charge is 0.508 e. The summed E-state index contributed by atoms with van der Waals surface area (Å²) in [5, 5.41) is 31.2. The van der Waals surface area contributed by atoms with E-state index in [1.54, 1.807) is 51.9 Å². The molecule has 0 radical (unpaired) electrons. The van der Waals surface area contributed by atoms with Crippen LogP contribution in [0, 0.1) is 38.2 Å². The van der Waals surface area contributed by atoms with E-state index in [0.717, 1.165) is 138 Å². The Morgan fingerprint density at radius 1 is 0.508 bits per heavy atom. The number of phenols is 2. The molecular weight excluding hydrogens is 1930 g/mol. The summed E-state index contributed by atoms with van der Waals surface area (Å²) in [5.74, 6) is 3.88. The molecule has 13 aromatic rings. The second-order valence-electron chi connectivity index (χ2n) is 30.3. The number of aryl methyl sites for hydroxylation is 5. The zero-order valence-electron chi connectivity index (χ0n) is 71.8. The van der Waals surface area contributed by atoms with Gasteiger partial charge in [0.15, 0.2) is 0 Å². The maximum atomic E-state index is 9.92. The third kappa shape index (κ3) is 27.0. The Balaban J connectivity index is 0.000000195. The van der Waals surface area contributed by atoms with Crippen LogP contribution in [-0.2, 0) is 14.0 Å². The Labute approximate surface area is 769 Å². The van der Waals surface area contributed by atoms with Crippen LogP contribution in [0.15, 0.2) is 147 Å². The molecule has 10 heterocycles. The van der Waals surface area contributed by atoms with Crippen molar-refractivity contribution in [2.45, 2.75) is 172 Å². The summed E-state index contributed by atoms with van der Waals surface area (Å²) >= 11 is 39.7. The smallest absolute Gasteiger partial charge is 0.494 e. The molecule has 2 aliphatic heterocycles. The lowest BCUT2D eigenvalue weighted by molar-refractivity contribution is 0.00578. The van der Waals surface area contributed by atoms with Gasteiger partial charge in [0.1, 0.15) is 104 Å². The van der Waals surface area contributed by atoms with Gasteiger partial charge < -0.3 is 62.1 Å². The van der Waals surface area contributed by atoms with Crippen LogP contribution >= 0.6 is 128 Å². The molecule has 4 N–H and O–H groups in total. The molecule has 2 fully saturated rings. The number of hydrogen-bond acceptors (Lipinski definition) is 18. The van der Waals surface area contributed by atoms with E-state index in [1.165, 1.54) is 37.4 Å². The van der Waals surface area contributed by atoms with Crippen molar-refractivity contribution in [3.63, 3.8) is 0 Å². The predicted molar refractivity (Wildman–Crippen MR) is 518 cm³/mol. The highest BCUT2D eigenvalue weighted by molar-refractivity contribution is 14.1. The molecule has 1 atom stereocenters. The number of rotatable bonds is 13. The summed E-state index contributed by atoms with van der Waals surface area (Å²) in [6, 6.07) is 32.4. The van der Waals surface area contributed by atoms with Crippen molar-refractivity contribution in [3.8, 4) is 62.1 Å². The number of hydrogen-bond donors (Lipinski definition) is 4. The summed E-state index contributed by atoms with van der Waals surface area (Å²) in [6.45, 7) is 36.1. The van der Waals surface area contributed by atoms with Crippen molar-refractivity contribution >= 4 is 194 Å². The maximum Gasteiger partial charge on any atom is 0.494 e. The fourth-order valence-corrected chi connectivity index (χ4v) is 14.7. The molecular formula is C87H107B2Br3Cl5IN14O8. The van der Waals surface area contributed by atoms with Crippen LogP contribution in [0.5, 0.6) is 28.7 Å². The first-order chi connectivity index (χ1) is 56.7. The van der Waals surface area contributed by atoms with Crippen molar-refractivity contribution < 1.29 is 38.5 Å². The van der Waals surface area contributed by atoms with E-state index in [-0.39, 0.29) is 56.5 Å². The number of nitrogens with one attached hydrogen (secondary N) is 2. The fraction of sp³-hybridized carbons (Fsp3) is 0.379. The van der Waals surface area contributed by atoms with E-state index in [4.69, 9.17) is 86.3 Å². The van der Waals surface area contributed by atoms with Gasteiger partial charge in [-0.2, -0.15) is 0 Å². The lowest BCUT2D eigenvalue weighted by Gasteiger charge is -2.32. The van der Waals surface area contributed by atoms with E-state index in [9.17, 15) is 10.2 Å². The van der Waals surface area contributed by atoms with Crippen LogP contribution in [0.25, 0.3) is 77.5 Å². The highest BCUT2D eigenvalue weighted by atomic mass is 127. The molecule has 2 saturated heterocycles. The topological polar surface area (TPSA) is 243 Å². The molecule has 0 saturated carbocycles. The maximum absolute atomic E-state index is 9.92. The molecule has 22 nitrogen and oxygen atoms in total. The lowest BCUT2D eigenvalue weighted by Crippen LogP contribution is -2.41. The van der Waals surface area contributed by atoms with Gasteiger partial charge >= 0.3 is 10.3 Å². The average molecular weight is 2040 g/mol. The number of aromatic nitrogens is 12. The summed E-state index contributed by atoms with van der Waals surface area (Å²) in [5.41, 5.74) is 15.3. The van der Waals surface area contributed by atoms with E-state index < -0.39 is 0 Å². The minimum absolute atomic E-state index is 0.194. The number of anilines is 1. The minimum atomic E-state index is -0.330. The first-order valence-corrected chi connectivity index (χ1v) is 44.7. The van der Waals surface area contributed by atoms with Gasteiger partial charge in [-0.1, -0.05) is 71.2 Å². The van der Waals surface area contributed by atoms with Gasteiger partial charge in [0.2, 0.25) is 0 Å². The third-order valence-electron chi connectivity index (χ3n) is 19.4. The molecule has 2 aliphatic rings. The third-order valence-corrected chi connectivity index (χ3v) is 21.0. The second kappa shape index (κ2) is 46.6. The lowest BCUT2D eigenvalue weighted by atomic mass is 9.78. The van der Waals surface area contributed by atoms with Gasteiger partial charge in [-0.15, -0.1) is 70.5 Å². The highest BCUT2D eigenvalue weighted by Gasteiger charge is 2.52.